The number of amides is 4. The number of nitrogens with one attached hydrogen (secondary N) is 2. The molecule has 2 spiro atoms. The summed E-state index contributed by atoms with van der Waals surface area (Å²) < 4.78 is 20.6. The smallest absolute Gasteiger partial charge is 0.318 e. The molecule has 6 rings (SSSR count). The summed E-state index contributed by atoms with van der Waals surface area (Å²) in [7, 11) is 0. The standard InChI is InChI=1S/C36H51FN8O4/c1-5-45(25(2)3)33(47)29-18-28(37)6-7-30(29)49-31-19-38-24-40-32(31)44-21-35(22-44)12-15-42(16-13-35)20-27-8-10-36(11-9-27)23-43(34(48)41-36)17-14-39-26(4)46/h6-7,18-19,24-25,27H,5,8-17,20-23H2,1-4H3,(H,39,46)(H,41,48). The van der Waals surface area contributed by atoms with E-state index in [1.807, 2.05) is 25.7 Å². The number of ether oxygens (including phenoxy) is 1. The summed E-state index contributed by atoms with van der Waals surface area (Å²) in [4.78, 5) is 54.3. The SMILES string of the molecule is CCN(C(=O)c1cc(F)ccc1Oc1cncnc1N1CC2(CCN(CC3CCC4(CC3)CN(CCNC(C)=O)C(=O)N4)CC2)C1)C(C)C. The zero-order chi connectivity index (χ0) is 34.8. The summed E-state index contributed by atoms with van der Waals surface area (Å²) in [5.74, 6) is 1.22. The monoisotopic (exact) mass is 678 g/mol. The molecule has 4 fully saturated rings. The Kier molecular flexibility index (Phi) is 10.3. The summed E-state index contributed by atoms with van der Waals surface area (Å²) >= 11 is 0. The van der Waals surface area contributed by atoms with E-state index in [-0.39, 0.29) is 46.2 Å². The lowest BCUT2D eigenvalue weighted by atomic mass is 9.71. The summed E-state index contributed by atoms with van der Waals surface area (Å²) in [5, 5.41) is 6.05. The van der Waals surface area contributed by atoms with E-state index in [4.69, 9.17) is 4.74 Å². The molecule has 1 saturated carbocycles. The van der Waals surface area contributed by atoms with Crippen LogP contribution in [0.4, 0.5) is 15.0 Å². The number of likely N-dealkylation sites (tertiary alicyclic amines) is 1. The van der Waals surface area contributed by atoms with E-state index in [0.717, 1.165) is 77.8 Å². The third kappa shape index (κ3) is 7.76. The van der Waals surface area contributed by atoms with Crippen LogP contribution < -0.4 is 20.3 Å². The highest BCUT2D eigenvalue weighted by Crippen LogP contribution is 2.45. The normalized spacial score (nSPS) is 23.5. The van der Waals surface area contributed by atoms with Gasteiger partial charge in [-0.3, -0.25) is 9.59 Å². The molecule has 1 aromatic carbocycles. The lowest BCUT2D eigenvalue weighted by Gasteiger charge is -2.55. The summed E-state index contributed by atoms with van der Waals surface area (Å²) in [6.07, 6.45) is 9.60. The van der Waals surface area contributed by atoms with Crippen LogP contribution in [0.15, 0.2) is 30.7 Å². The number of benzene rings is 1. The molecular formula is C36H51FN8O4. The first kappa shape index (κ1) is 34.8. The number of halogens is 1. The molecule has 0 atom stereocenters. The summed E-state index contributed by atoms with van der Waals surface area (Å²) in [5.41, 5.74) is 0.284. The Labute approximate surface area is 288 Å². The maximum absolute atomic E-state index is 14.3. The van der Waals surface area contributed by atoms with E-state index in [1.54, 1.807) is 11.1 Å². The van der Waals surface area contributed by atoms with Crippen LogP contribution in [0.25, 0.3) is 0 Å². The average Bonchev–Trinajstić information content (AvgIpc) is 3.36. The maximum Gasteiger partial charge on any atom is 0.318 e. The summed E-state index contributed by atoms with van der Waals surface area (Å²) in [6.45, 7) is 14.5. The molecule has 13 heteroatoms. The molecule has 0 unspecified atom stereocenters. The molecule has 0 bridgehead atoms. The second kappa shape index (κ2) is 14.5. The van der Waals surface area contributed by atoms with Gasteiger partial charge in [0, 0.05) is 64.2 Å². The van der Waals surface area contributed by atoms with Crippen LogP contribution in [0, 0.1) is 17.2 Å². The predicted molar refractivity (Wildman–Crippen MR) is 184 cm³/mol. The van der Waals surface area contributed by atoms with Crippen molar-refractivity contribution in [2.24, 2.45) is 11.3 Å². The lowest BCUT2D eigenvalue weighted by molar-refractivity contribution is -0.119. The molecule has 4 aliphatic rings. The molecule has 1 aromatic heterocycles. The van der Waals surface area contributed by atoms with Crippen molar-refractivity contribution in [2.75, 3.05) is 63.8 Å². The Bertz CT molecular complexity index is 1510. The van der Waals surface area contributed by atoms with Crippen molar-refractivity contribution in [3.63, 3.8) is 0 Å². The fraction of sp³-hybridized carbons (Fsp3) is 0.639. The van der Waals surface area contributed by atoms with Gasteiger partial charge in [-0.1, -0.05) is 0 Å². The van der Waals surface area contributed by atoms with Gasteiger partial charge in [0.2, 0.25) is 5.91 Å². The Hall–Kier alpha value is -4.00. The molecule has 0 radical (unpaired) electrons. The van der Waals surface area contributed by atoms with Crippen LogP contribution in [0.2, 0.25) is 0 Å². The van der Waals surface area contributed by atoms with Crippen LogP contribution in [0.5, 0.6) is 11.5 Å². The first-order chi connectivity index (χ1) is 23.5. The van der Waals surface area contributed by atoms with E-state index >= 15 is 0 Å². The number of carbonyl (C=O) groups is 3. The first-order valence-corrected chi connectivity index (χ1v) is 17.9. The van der Waals surface area contributed by atoms with Gasteiger partial charge in [0.05, 0.1) is 17.3 Å². The third-order valence-corrected chi connectivity index (χ3v) is 11.0. The van der Waals surface area contributed by atoms with E-state index in [0.29, 0.717) is 37.1 Å². The molecule has 1 aliphatic carbocycles. The van der Waals surface area contributed by atoms with E-state index in [2.05, 4.69) is 30.4 Å². The summed E-state index contributed by atoms with van der Waals surface area (Å²) in [6, 6.07) is 3.99. The molecule has 3 saturated heterocycles. The highest BCUT2D eigenvalue weighted by atomic mass is 19.1. The Morgan fingerprint density at radius 1 is 1.12 bits per heavy atom. The average molecular weight is 679 g/mol. The number of nitrogens with zero attached hydrogens (tertiary/aromatic N) is 6. The Morgan fingerprint density at radius 2 is 1.86 bits per heavy atom. The van der Waals surface area contributed by atoms with Gasteiger partial charge in [0.15, 0.2) is 11.6 Å². The third-order valence-electron chi connectivity index (χ3n) is 11.0. The van der Waals surface area contributed by atoms with E-state index in [9.17, 15) is 18.8 Å². The number of carbonyl (C=O) groups excluding carboxylic acids is 3. The van der Waals surface area contributed by atoms with E-state index < -0.39 is 5.82 Å². The number of hydrogen-bond donors (Lipinski definition) is 2. The van der Waals surface area contributed by atoms with Gasteiger partial charge in [-0.15, -0.1) is 0 Å². The predicted octanol–water partition coefficient (Wildman–Crippen LogP) is 4.27. The van der Waals surface area contributed by atoms with Gasteiger partial charge in [-0.2, -0.15) is 0 Å². The van der Waals surface area contributed by atoms with Crippen molar-refractivity contribution < 1.29 is 23.5 Å². The van der Waals surface area contributed by atoms with Gasteiger partial charge < -0.3 is 35.0 Å². The fourth-order valence-corrected chi connectivity index (χ4v) is 8.23. The second-order valence-electron chi connectivity index (χ2n) is 14.9. The maximum atomic E-state index is 14.3. The first-order valence-electron chi connectivity index (χ1n) is 17.9. The molecule has 2 N–H and O–H groups in total. The van der Waals surface area contributed by atoms with Gasteiger partial charge in [-0.05, 0) is 96.5 Å². The molecule has 2 aromatic rings. The topological polar surface area (TPSA) is 123 Å². The molecule has 3 aliphatic heterocycles. The van der Waals surface area contributed by atoms with Crippen LogP contribution >= 0.6 is 0 Å². The Morgan fingerprint density at radius 3 is 2.53 bits per heavy atom. The van der Waals surface area contributed by atoms with Crippen LogP contribution in [-0.2, 0) is 4.79 Å². The molecule has 4 heterocycles. The van der Waals surface area contributed by atoms with Crippen molar-refractivity contribution in [1.29, 1.82) is 0 Å². The fourth-order valence-electron chi connectivity index (χ4n) is 8.23. The number of rotatable bonds is 11. The number of anilines is 1. The van der Waals surface area contributed by atoms with Gasteiger partial charge in [-0.25, -0.2) is 19.2 Å². The number of piperidine rings is 1. The zero-order valence-electron chi connectivity index (χ0n) is 29.3. The molecule has 266 valence electrons. The van der Waals surface area contributed by atoms with Crippen molar-refractivity contribution >= 4 is 23.7 Å². The van der Waals surface area contributed by atoms with Crippen molar-refractivity contribution in [3.8, 4) is 11.5 Å². The molecular weight excluding hydrogens is 627 g/mol. The van der Waals surface area contributed by atoms with Gasteiger partial charge in [0.25, 0.3) is 5.91 Å². The van der Waals surface area contributed by atoms with Crippen molar-refractivity contribution in [1.82, 2.24) is 35.3 Å². The van der Waals surface area contributed by atoms with Gasteiger partial charge >= 0.3 is 6.03 Å². The largest absolute Gasteiger partial charge is 0.451 e. The number of aromatic nitrogens is 2. The van der Waals surface area contributed by atoms with Crippen LogP contribution in [-0.4, -0.2) is 113 Å². The minimum Gasteiger partial charge on any atom is -0.451 e. The van der Waals surface area contributed by atoms with Crippen molar-refractivity contribution in [2.45, 2.75) is 77.8 Å². The molecule has 12 nitrogen and oxygen atoms in total. The lowest BCUT2D eigenvalue weighted by Crippen LogP contribution is -2.61. The molecule has 49 heavy (non-hydrogen) atoms. The van der Waals surface area contributed by atoms with E-state index in [1.165, 1.54) is 31.5 Å². The van der Waals surface area contributed by atoms with Crippen molar-refractivity contribution in [3.05, 3.63) is 42.1 Å². The minimum absolute atomic E-state index is 0.0134. The van der Waals surface area contributed by atoms with Gasteiger partial charge in [0.1, 0.15) is 17.9 Å². The number of urea groups is 1. The van der Waals surface area contributed by atoms with Crippen LogP contribution in [0.1, 0.15) is 76.6 Å². The highest BCUT2D eigenvalue weighted by molar-refractivity contribution is 5.97. The second-order valence-corrected chi connectivity index (χ2v) is 14.9. The highest BCUT2D eigenvalue weighted by Gasteiger charge is 2.47. The number of hydrogen-bond acceptors (Lipinski definition) is 8. The zero-order valence-corrected chi connectivity index (χ0v) is 29.3. The Balaban J connectivity index is 0.992. The minimum atomic E-state index is -0.492. The quantitative estimate of drug-likeness (QED) is 0.362. The van der Waals surface area contributed by atoms with Crippen LogP contribution in [0.3, 0.4) is 0 Å². The molecule has 4 amide bonds.